The third kappa shape index (κ3) is 2.00. The second-order valence-electron chi connectivity index (χ2n) is 2.14. The van der Waals surface area contributed by atoms with E-state index in [1.54, 1.807) is 0 Å². The smallest absolute Gasteiger partial charge is 0.224 e. The van der Waals surface area contributed by atoms with Crippen molar-refractivity contribution in [3.05, 3.63) is 10.3 Å². The number of hydrogen-bond donors (Lipinski definition) is 0. The van der Waals surface area contributed by atoms with Crippen LogP contribution in [0.15, 0.2) is 10.3 Å². The topological polar surface area (TPSA) is 68.3 Å². The van der Waals surface area contributed by atoms with Gasteiger partial charge in [0.25, 0.3) is 0 Å². The van der Waals surface area contributed by atoms with Gasteiger partial charge in [-0.05, 0) is 0 Å². The van der Waals surface area contributed by atoms with Gasteiger partial charge in [-0.25, -0.2) is 8.42 Å². The molecule has 0 aliphatic carbocycles. The molecule has 0 aromatic heterocycles. The minimum atomic E-state index is -4.79. The van der Waals surface area contributed by atoms with E-state index < -0.39 is 25.0 Å². The van der Waals surface area contributed by atoms with E-state index in [1.165, 1.54) is 0 Å². The van der Waals surface area contributed by atoms with Crippen LogP contribution in [0, 0.1) is 0 Å². The Hall–Kier alpha value is -0.430. The van der Waals surface area contributed by atoms with Crippen LogP contribution in [0.25, 0.3) is 0 Å². The van der Waals surface area contributed by atoms with Crippen molar-refractivity contribution in [2.45, 2.75) is 6.42 Å². The van der Waals surface area contributed by atoms with Crippen LogP contribution in [-0.4, -0.2) is 22.6 Å². The molecule has 11 heavy (non-hydrogen) atoms. The largest absolute Gasteiger partial charge is 0.328 e. The molecular formula is C4H5FO4S2. The molecular weight excluding hydrogens is 195 g/mol. The van der Waals surface area contributed by atoms with E-state index in [2.05, 4.69) is 0 Å². The van der Waals surface area contributed by atoms with Crippen LogP contribution < -0.4 is 0 Å². The molecule has 0 saturated heterocycles. The molecule has 4 nitrogen and oxygen atoms in total. The summed E-state index contributed by atoms with van der Waals surface area (Å²) in [4.78, 5) is -0.641. The average molecular weight is 200 g/mol. The number of halogens is 1. The third-order valence-electron chi connectivity index (χ3n) is 1.26. The van der Waals surface area contributed by atoms with Gasteiger partial charge in [-0.1, -0.05) is 0 Å². The lowest BCUT2D eigenvalue weighted by atomic mass is 10.5. The summed E-state index contributed by atoms with van der Waals surface area (Å²) in [5, 5.41) is 0.475. The molecule has 0 unspecified atom stereocenters. The molecule has 0 aromatic rings. The lowest BCUT2D eigenvalue weighted by Gasteiger charge is -1.87. The van der Waals surface area contributed by atoms with Gasteiger partial charge in [0.1, 0.15) is 0 Å². The molecule has 1 rings (SSSR count). The fraction of sp³-hybridized carbons (Fsp3) is 0.500. The van der Waals surface area contributed by atoms with Gasteiger partial charge in [-0.2, -0.15) is 8.42 Å². The highest BCUT2D eigenvalue weighted by atomic mass is 32.3. The lowest BCUT2D eigenvalue weighted by molar-refractivity contribution is 0.558. The van der Waals surface area contributed by atoms with Crippen LogP contribution in [-0.2, 0) is 20.1 Å². The highest BCUT2D eigenvalue weighted by Crippen LogP contribution is 2.22. The SMILES string of the molecule is O=S1(=O)C=C(S(=O)(=O)F)CC1. The van der Waals surface area contributed by atoms with Crippen LogP contribution in [0.2, 0.25) is 0 Å². The molecule has 0 radical (unpaired) electrons. The summed E-state index contributed by atoms with van der Waals surface area (Å²) in [5.41, 5.74) is 0. The monoisotopic (exact) mass is 200 g/mol. The maximum Gasteiger partial charge on any atom is 0.328 e. The summed E-state index contributed by atoms with van der Waals surface area (Å²) in [6.45, 7) is 0. The van der Waals surface area contributed by atoms with Gasteiger partial charge in [-0.15, -0.1) is 3.89 Å². The summed E-state index contributed by atoms with van der Waals surface area (Å²) in [5.74, 6) is -0.314. The van der Waals surface area contributed by atoms with Gasteiger partial charge in [-0.3, -0.25) is 0 Å². The lowest BCUT2D eigenvalue weighted by Crippen LogP contribution is -1.94. The predicted molar refractivity (Wildman–Crippen MR) is 36.5 cm³/mol. The zero-order chi connectivity index (χ0) is 8.70. The molecule has 0 atom stereocenters. The fourth-order valence-corrected chi connectivity index (χ4v) is 3.26. The Morgan fingerprint density at radius 3 is 2.18 bits per heavy atom. The van der Waals surface area contributed by atoms with Crippen molar-refractivity contribution in [3.8, 4) is 0 Å². The van der Waals surface area contributed by atoms with E-state index in [1.807, 2.05) is 0 Å². The van der Waals surface area contributed by atoms with E-state index in [9.17, 15) is 20.7 Å². The molecule has 0 spiro atoms. The Labute approximate surface area is 63.9 Å². The van der Waals surface area contributed by atoms with Crippen LogP contribution >= 0.6 is 0 Å². The quantitative estimate of drug-likeness (QED) is 0.556. The van der Waals surface area contributed by atoms with Crippen LogP contribution in [0.3, 0.4) is 0 Å². The number of sulfone groups is 1. The average Bonchev–Trinajstić information content (AvgIpc) is 2.07. The van der Waals surface area contributed by atoms with Gasteiger partial charge < -0.3 is 0 Å². The first kappa shape index (κ1) is 8.66. The Bertz CT molecular complexity index is 388. The normalized spacial score (nSPS) is 23.2. The molecule has 0 saturated carbocycles. The van der Waals surface area contributed by atoms with Crippen molar-refractivity contribution >= 4 is 20.1 Å². The molecule has 0 amide bonds. The summed E-state index contributed by atoms with van der Waals surface area (Å²) >= 11 is 0. The highest BCUT2D eigenvalue weighted by molar-refractivity contribution is 7.97. The van der Waals surface area contributed by atoms with E-state index in [0.717, 1.165) is 0 Å². The predicted octanol–water partition coefficient (Wildman–Crippen LogP) is -0.0544. The van der Waals surface area contributed by atoms with E-state index >= 15 is 0 Å². The molecule has 0 bridgehead atoms. The van der Waals surface area contributed by atoms with Crippen molar-refractivity contribution in [3.63, 3.8) is 0 Å². The van der Waals surface area contributed by atoms with Crippen molar-refractivity contribution in [2.24, 2.45) is 0 Å². The number of allylic oxidation sites excluding steroid dienone is 1. The van der Waals surface area contributed by atoms with Gasteiger partial charge in [0, 0.05) is 11.8 Å². The molecule has 7 heteroatoms. The van der Waals surface area contributed by atoms with Crippen molar-refractivity contribution < 1.29 is 20.7 Å². The molecule has 0 fully saturated rings. The summed E-state index contributed by atoms with van der Waals surface area (Å²) in [6.07, 6.45) is -0.249. The van der Waals surface area contributed by atoms with Gasteiger partial charge in [0.05, 0.1) is 10.7 Å². The molecule has 1 aliphatic heterocycles. The molecule has 1 heterocycles. The van der Waals surface area contributed by atoms with Crippen molar-refractivity contribution in [2.75, 3.05) is 5.75 Å². The van der Waals surface area contributed by atoms with Crippen molar-refractivity contribution in [1.29, 1.82) is 0 Å². The zero-order valence-corrected chi connectivity index (χ0v) is 6.95. The Morgan fingerprint density at radius 2 is 2.00 bits per heavy atom. The molecule has 0 N–H and O–H groups in total. The summed E-state index contributed by atoms with van der Waals surface area (Å²) in [7, 11) is -8.25. The molecule has 0 aromatic carbocycles. The first-order chi connectivity index (χ1) is 4.81. The van der Waals surface area contributed by atoms with Crippen molar-refractivity contribution in [1.82, 2.24) is 0 Å². The zero-order valence-electron chi connectivity index (χ0n) is 5.32. The Morgan fingerprint density at radius 1 is 1.45 bits per heavy atom. The first-order valence-electron chi connectivity index (χ1n) is 2.69. The highest BCUT2D eigenvalue weighted by Gasteiger charge is 2.27. The van der Waals surface area contributed by atoms with Crippen LogP contribution in [0.1, 0.15) is 6.42 Å². The molecule has 64 valence electrons. The minimum Gasteiger partial charge on any atom is -0.224 e. The third-order valence-corrected chi connectivity index (χ3v) is 3.77. The van der Waals surface area contributed by atoms with Gasteiger partial charge in [0.2, 0.25) is 0 Å². The Balaban J connectivity index is 3.17. The van der Waals surface area contributed by atoms with Crippen LogP contribution in [0.4, 0.5) is 3.89 Å². The second-order valence-corrected chi connectivity index (χ2v) is 5.51. The molecule has 1 aliphatic rings. The van der Waals surface area contributed by atoms with E-state index in [4.69, 9.17) is 0 Å². The van der Waals surface area contributed by atoms with E-state index in [-0.39, 0.29) is 12.2 Å². The van der Waals surface area contributed by atoms with Gasteiger partial charge in [0.15, 0.2) is 9.84 Å². The van der Waals surface area contributed by atoms with Gasteiger partial charge >= 0.3 is 10.2 Å². The summed E-state index contributed by atoms with van der Waals surface area (Å²) in [6, 6.07) is 0. The first-order valence-corrected chi connectivity index (χ1v) is 5.79. The number of hydrogen-bond acceptors (Lipinski definition) is 4. The summed E-state index contributed by atoms with van der Waals surface area (Å²) < 4.78 is 53.5. The fourth-order valence-electron chi connectivity index (χ4n) is 0.740. The Kier molecular flexibility index (Phi) is 1.79. The van der Waals surface area contributed by atoms with Crippen LogP contribution in [0.5, 0.6) is 0 Å². The second kappa shape index (κ2) is 2.28. The maximum atomic E-state index is 12.1. The van der Waals surface area contributed by atoms with E-state index in [0.29, 0.717) is 5.41 Å². The standard InChI is InChI=1S/C4H5FO4S2/c5-11(8,9)4-1-2-10(6,7)3-4/h3H,1-2H2. The minimum absolute atomic E-state index is 0.249. The maximum absolute atomic E-state index is 12.1. The number of rotatable bonds is 1.